The quantitative estimate of drug-likeness (QED) is 0.539. The van der Waals surface area contributed by atoms with Crippen molar-refractivity contribution in [1.29, 1.82) is 0 Å². The Labute approximate surface area is 54.7 Å². The zero-order valence-electron chi connectivity index (χ0n) is 4.63. The van der Waals surface area contributed by atoms with Crippen molar-refractivity contribution in [3.8, 4) is 5.75 Å². The summed E-state index contributed by atoms with van der Waals surface area (Å²) in [6, 6.07) is 4.00. The Kier molecular flexibility index (Phi) is 1.68. The number of hydrogen-bond donors (Lipinski definition) is 1. The molecule has 0 bridgehead atoms. The highest BCUT2D eigenvalue weighted by molar-refractivity contribution is 7.27. The maximum Gasteiger partial charge on any atom is 0.134 e. The second-order valence-electron chi connectivity index (χ2n) is 1.71. The topological polar surface area (TPSA) is 20.2 Å². The summed E-state index contributed by atoms with van der Waals surface area (Å²) in [4.78, 5) is 0. The van der Waals surface area contributed by atoms with Gasteiger partial charge >= 0.3 is 0 Å². The van der Waals surface area contributed by atoms with E-state index in [1.165, 1.54) is 12.1 Å². The zero-order valence-corrected chi connectivity index (χ0v) is 5.79. The van der Waals surface area contributed by atoms with E-state index >= 15 is 0 Å². The van der Waals surface area contributed by atoms with Gasteiger partial charge in [0.15, 0.2) is 0 Å². The molecule has 0 saturated carbocycles. The normalized spacial score (nSPS) is 9.56. The fraction of sp³-hybridized carbons (Fsp3) is 0. The van der Waals surface area contributed by atoms with Crippen LogP contribution in [0.25, 0.3) is 0 Å². The first kappa shape index (κ1) is 6.50. The van der Waals surface area contributed by atoms with Crippen molar-refractivity contribution in [1.82, 2.24) is 0 Å². The summed E-state index contributed by atoms with van der Waals surface area (Å²) < 4.78 is 12.4. The van der Waals surface area contributed by atoms with E-state index in [2.05, 4.69) is 9.24 Å². The maximum absolute atomic E-state index is 12.4. The second-order valence-corrected chi connectivity index (χ2v) is 2.33. The van der Waals surface area contributed by atoms with Crippen molar-refractivity contribution in [3.63, 3.8) is 0 Å². The number of rotatable bonds is 0. The minimum absolute atomic E-state index is 0.0429. The van der Waals surface area contributed by atoms with Crippen molar-refractivity contribution < 1.29 is 9.50 Å². The molecule has 1 unspecified atom stereocenters. The largest absolute Gasteiger partial charge is 0.508 e. The first-order valence-corrected chi connectivity index (χ1v) is 3.02. The molecule has 48 valence electrons. The van der Waals surface area contributed by atoms with Crippen LogP contribution in [0.15, 0.2) is 18.2 Å². The summed E-state index contributed by atoms with van der Waals surface area (Å²) in [5, 5.41) is 9.15. The highest BCUT2D eigenvalue weighted by atomic mass is 31.0. The van der Waals surface area contributed by atoms with Gasteiger partial charge in [-0.1, -0.05) is 0 Å². The summed E-state index contributed by atoms with van der Waals surface area (Å²) in [7, 11) is 2.22. The van der Waals surface area contributed by atoms with Crippen LogP contribution in [0.4, 0.5) is 4.39 Å². The van der Waals surface area contributed by atoms with E-state index in [9.17, 15) is 4.39 Å². The van der Waals surface area contributed by atoms with Gasteiger partial charge in [-0.25, -0.2) is 4.39 Å². The average Bonchev–Trinajstić information content (AvgIpc) is 1.80. The third-order valence-corrected chi connectivity index (χ3v) is 1.45. The van der Waals surface area contributed by atoms with E-state index in [4.69, 9.17) is 5.11 Å². The number of halogens is 1. The Hall–Kier alpha value is -0.620. The van der Waals surface area contributed by atoms with Crippen molar-refractivity contribution in [2.75, 3.05) is 0 Å². The fourth-order valence-corrected chi connectivity index (χ4v) is 0.696. The number of phenolic OH excluding ortho intramolecular Hbond substituents is 1. The van der Waals surface area contributed by atoms with Crippen LogP contribution in [-0.4, -0.2) is 5.11 Å². The lowest BCUT2D eigenvalue weighted by Crippen LogP contribution is -1.94. The summed E-state index contributed by atoms with van der Waals surface area (Å²) in [5.74, 6) is -0.446. The standard InChI is InChI=1S/C6H6FOP/c7-5-3-4(8)1-2-6(5)9/h1-3,8H,9H2. The molecule has 9 heavy (non-hydrogen) atoms. The Morgan fingerprint density at radius 3 is 2.56 bits per heavy atom. The number of aromatic hydroxyl groups is 1. The highest BCUT2D eigenvalue weighted by Gasteiger charge is 1.95. The Morgan fingerprint density at radius 1 is 1.44 bits per heavy atom. The first-order chi connectivity index (χ1) is 4.20. The molecule has 0 radical (unpaired) electrons. The second kappa shape index (κ2) is 2.32. The van der Waals surface area contributed by atoms with Crippen LogP contribution in [0.2, 0.25) is 0 Å². The third kappa shape index (κ3) is 1.39. The molecule has 0 aromatic heterocycles. The molecule has 0 saturated heterocycles. The maximum atomic E-state index is 12.4. The Morgan fingerprint density at radius 2 is 2.11 bits per heavy atom. The van der Waals surface area contributed by atoms with Gasteiger partial charge in [0.1, 0.15) is 11.6 Å². The van der Waals surface area contributed by atoms with E-state index in [-0.39, 0.29) is 5.75 Å². The molecule has 0 fully saturated rings. The molecule has 0 spiro atoms. The molecule has 0 aliphatic rings. The van der Waals surface area contributed by atoms with Gasteiger partial charge in [-0.3, -0.25) is 0 Å². The smallest absolute Gasteiger partial charge is 0.134 e. The van der Waals surface area contributed by atoms with E-state index in [0.717, 1.165) is 6.07 Å². The summed E-state index contributed by atoms with van der Waals surface area (Å²) in [5.41, 5.74) is 0. The molecule has 1 rings (SSSR count). The predicted octanol–water partition coefficient (Wildman–Crippen LogP) is 1.03. The van der Waals surface area contributed by atoms with E-state index in [1.54, 1.807) is 0 Å². The predicted molar refractivity (Wildman–Crippen MR) is 37.4 cm³/mol. The fourth-order valence-electron chi connectivity index (χ4n) is 0.516. The number of benzene rings is 1. The lowest BCUT2D eigenvalue weighted by molar-refractivity contribution is 0.470. The molecular formula is C6H6FOP. The van der Waals surface area contributed by atoms with Gasteiger partial charge in [-0.05, 0) is 12.1 Å². The summed E-state index contributed by atoms with van der Waals surface area (Å²) in [6.45, 7) is 0. The first-order valence-electron chi connectivity index (χ1n) is 2.44. The van der Waals surface area contributed by atoms with Crippen LogP contribution >= 0.6 is 9.24 Å². The zero-order chi connectivity index (χ0) is 6.85. The van der Waals surface area contributed by atoms with Crippen LogP contribution in [0, 0.1) is 5.82 Å². The van der Waals surface area contributed by atoms with Crippen LogP contribution in [-0.2, 0) is 0 Å². The average molecular weight is 144 g/mol. The molecule has 1 nitrogen and oxygen atoms in total. The monoisotopic (exact) mass is 144 g/mol. The van der Waals surface area contributed by atoms with E-state index < -0.39 is 5.82 Å². The van der Waals surface area contributed by atoms with Crippen LogP contribution in [0.3, 0.4) is 0 Å². The molecule has 1 N–H and O–H groups in total. The third-order valence-electron chi connectivity index (χ3n) is 0.984. The number of phenols is 1. The van der Waals surface area contributed by atoms with Gasteiger partial charge in [0.25, 0.3) is 0 Å². The van der Waals surface area contributed by atoms with Gasteiger partial charge < -0.3 is 5.11 Å². The van der Waals surface area contributed by atoms with Gasteiger partial charge in [-0.2, -0.15) is 0 Å². The molecule has 1 aromatic carbocycles. The SMILES string of the molecule is Oc1ccc(P)c(F)c1. The van der Waals surface area contributed by atoms with Crippen molar-refractivity contribution in [2.24, 2.45) is 0 Å². The Balaban J connectivity index is 3.17. The van der Waals surface area contributed by atoms with E-state index in [1.807, 2.05) is 0 Å². The molecule has 0 aliphatic carbocycles. The number of hydrogen-bond acceptors (Lipinski definition) is 1. The van der Waals surface area contributed by atoms with Crippen LogP contribution < -0.4 is 5.30 Å². The molecule has 0 aliphatic heterocycles. The lowest BCUT2D eigenvalue weighted by Gasteiger charge is -1.93. The van der Waals surface area contributed by atoms with Gasteiger partial charge in [0.2, 0.25) is 0 Å². The Bertz CT molecular complexity index is 224. The van der Waals surface area contributed by atoms with E-state index in [0.29, 0.717) is 5.30 Å². The minimum atomic E-state index is -0.403. The highest BCUT2D eigenvalue weighted by Crippen LogP contribution is 2.08. The molecule has 3 heteroatoms. The molecular weight excluding hydrogens is 138 g/mol. The van der Waals surface area contributed by atoms with Crippen LogP contribution in [0.1, 0.15) is 0 Å². The molecule has 0 heterocycles. The van der Waals surface area contributed by atoms with Gasteiger partial charge in [0.05, 0.1) is 0 Å². The van der Waals surface area contributed by atoms with Crippen molar-refractivity contribution >= 4 is 14.5 Å². The van der Waals surface area contributed by atoms with Crippen molar-refractivity contribution in [2.45, 2.75) is 0 Å². The van der Waals surface area contributed by atoms with Gasteiger partial charge in [0, 0.05) is 11.4 Å². The minimum Gasteiger partial charge on any atom is -0.508 e. The molecule has 1 atom stereocenters. The lowest BCUT2D eigenvalue weighted by atomic mass is 10.3. The molecule has 1 aromatic rings. The van der Waals surface area contributed by atoms with Gasteiger partial charge in [-0.15, -0.1) is 9.24 Å². The summed E-state index contributed by atoms with van der Waals surface area (Å²) in [6.07, 6.45) is 0. The van der Waals surface area contributed by atoms with Crippen molar-refractivity contribution in [3.05, 3.63) is 24.0 Å². The summed E-state index contributed by atoms with van der Waals surface area (Å²) >= 11 is 0. The molecule has 0 amide bonds. The van der Waals surface area contributed by atoms with Crippen LogP contribution in [0.5, 0.6) is 5.75 Å².